The molecular formula is C11H22O6. The number of hydrogen-bond donors (Lipinski definition) is 1. The van der Waals surface area contributed by atoms with Gasteiger partial charge in [-0.1, -0.05) is 0 Å². The molecule has 0 aromatic heterocycles. The smallest absolute Gasteiger partial charge is 0.305 e. The zero-order valence-corrected chi connectivity index (χ0v) is 10.4. The fraction of sp³-hybridized carbons (Fsp3) is 0.909. The maximum Gasteiger partial charge on any atom is 0.305 e. The zero-order chi connectivity index (χ0) is 12.8. The Balaban J connectivity index is 2.91. The molecule has 0 unspecified atom stereocenters. The Hall–Kier alpha value is -0.690. The lowest BCUT2D eigenvalue weighted by atomic mass is 10.5. The minimum Gasteiger partial charge on any atom is -0.481 e. The first-order valence-corrected chi connectivity index (χ1v) is 5.80. The summed E-state index contributed by atoms with van der Waals surface area (Å²) in [6.45, 7) is 5.95. The molecule has 102 valence electrons. The van der Waals surface area contributed by atoms with Gasteiger partial charge in [0.2, 0.25) is 0 Å². The van der Waals surface area contributed by atoms with Crippen LogP contribution in [-0.4, -0.2) is 63.9 Å². The molecule has 0 aromatic rings. The van der Waals surface area contributed by atoms with Crippen LogP contribution < -0.4 is 0 Å². The largest absolute Gasteiger partial charge is 0.481 e. The Kier molecular flexibility index (Phi) is 12.8. The second kappa shape index (κ2) is 13.4. The van der Waals surface area contributed by atoms with E-state index in [2.05, 4.69) is 0 Å². The zero-order valence-electron chi connectivity index (χ0n) is 10.4. The molecule has 0 radical (unpaired) electrons. The van der Waals surface area contributed by atoms with E-state index in [-0.39, 0.29) is 13.0 Å². The summed E-state index contributed by atoms with van der Waals surface area (Å²) in [4.78, 5) is 10.1. The summed E-state index contributed by atoms with van der Waals surface area (Å²) in [6, 6.07) is 0. The number of ether oxygens (including phenoxy) is 4. The van der Waals surface area contributed by atoms with E-state index in [1.807, 2.05) is 6.92 Å². The van der Waals surface area contributed by atoms with Crippen molar-refractivity contribution in [3.05, 3.63) is 0 Å². The summed E-state index contributed by atoms with van der Waals surface area (Å²) in [5, 5.41) is 8.34. The Morgan fingerprint density at radius 2 is 1.24 bits per heavy atom. The molecule has 6 heteroatoms. The van der Waals surface area contributed by atoms with Crippen molar-refractivity contribution in [1.82, 2.24) is 0 Å². The molecule has 0 aliphatic carbocycles. The van der Waals surface area contributed by atoms with Crippen LogP contribution in [0.5, 0.6) is 0 Å². The molecule has 0 saturated carbocycles. The van der Waals surface area contributed by atoms with Crippen molar-refractivity contribution >= 4 is 5.97 Å². The van der Waals surface area contributed by atoms with Gasteiger partial charge in [0, 0.05) is 6.61 Å². The molecule has 0 atom stereocenters. The molecule has 0 bridgehead atoms. The number of rotatable bonds is 13. The Bertz CT molecular complexity index is 173. The van der Waals surface area contributed by atoms with Gasteiger partial charge < -0.3 is 24.1 Å². The van der Waals surface area contributed by atoms with Gasteiger partial charge in [-0.25, -0.2) is 0 Å². The van der Waals surface area contributed by atoms with Crippen molar-refractivity contribution in [2.75, 3.05) is 52.9 Å². The van der Waals surface area contributed by atoms with Gasteiger partial charge in [0.05, 0.1) is 52.7 Å². The molecule has 0 saturated heterocycles. The number of hydrogen-bond acceptors (Lipinski definition) is 5. The fourth-order valence-corrected chi connectivity index (χ4v) is 0.964. The van der Waals surface area contributed by atoms with Gasteiger partial charge in [-0.05, 0) is 6.92 Å². The van der Waals surface area contributed by atoms with Crippen LogP contribution in [0.25, 0.3) is 0 Å². The van der Waals surface area contributed by atoms with E-state index < -0.39 is 5.97 Å². The molecular weight excluding hydrogens is 228 g/mol. The minimum absolute atomic E-state index is 0.0283. The second-order valence-corrected chi connectivity index (χ2v) is 3.18. The van der Waals surface area contributed by atoms with Crippen molar-refractivity contribution in [1.29, 1.82) is 0 Å². The quantitative estimate of drug-likeness (QED) is 0.481. The molecule has 0 heterocycles. The second-order valence-electron chi connectivity index (χ2n) is 3.18. The summed E-state index contributed by atoms with van der Waals surface area (Å²) in [6.07, 6.45) is 0.0283. The molecule has 0 fully saturated rings. The third kappa shape index (κ3) is 15.3. The molecule has 1 N–H and O–H groups in total. The summed E-state index contributed by atoms with van der Waals surface area (Å²) in [5.74, 6) is -0.853. The standard InChI is InChI=1S/C11H22O6/c1-2-14-5-6-16-9-10-17-8-7-15-4-3-11(12)13/h2-10H2,1H3,(H,12,13). The van der Waals surface area contributed by atoms with Crippen molar-refractivity contribution in [2.45, 2.75) is 13.3 Å². The van der Waals surface area contributed by atoms with E-state index in [4.69, 9.17) is 24.1 Å². The minimum atomic E-state index is -0.853. The van der Waals surface area contributed by atoms with Crippen molar-refractivity contribution in [3.8, 4) is 0 Å². The highest BCUT2D eigenvalue weighted by molar-refractivity contribution is 5.66. The van der Waals surface area contributed by atoms with E-state index in [1.54, 1.807) is 0 Å². The third-order valence-electron chi connectivity index (χ3n) is 1.78. The number of carboxylic acids is 1. The number of carbonyl (C=O) groups is 1. The normalized spacial score (nSPS) is 10.6. The van der Waals surface area contributed by atoms with E-state index in [0.717, 1.165) is 0 Å². The van der Waals surface area contributed by atoms with Crippen LogP contribution in [0.3, 0.4) is 0 Å². The number of carboxylic acid groups (broad SMARTS) is 1. The maximum absolute atomic E-state index is 10.1. The van der Waals surface area contributed by atoms with E-state index in [0.29, 0.717) is 46.2 Å². The summed E-state index contributed by atoms with van der Waals surface area (Å²) in [7, 11) is 0. The summed E-state index contributed by atoms with van der Waals surface area (Å²) < 4.78 is 20.6. The number of aliphatic carboxylic acids is 1. The lowest BCUT2D eigenvalue weighted by Gasteiger charge is -2.06. The molecule has 0 amide bonds. The van der Waals surface area contributed by atoms with Crippen molar-refractivity contribution < 1.29 is 28.8 Å². The van der Waals surface area contributed by atoms with Crippen LogP contribution in [0.4, 0.5) is 0 Å². The van der Waals surface area contributed by atoms with Crippen molar-refractivity contribution in [2.24, 2.45) is 0 Å². The Labute approximate surface area is 102 Å². The molecule has 0 spiro atoms. The lowest BCUT2D eigenvalue weighted by Crippen LogP contribution is -2.12. The van der Waals surface area contributed by atoms with Crippen LogP contribution in [-0.2, 0) is 23.7 Å². The van der Waals surface area contributed by atoms with Gasteiger partial charge in [0.25, 0.3) is 0 Å². The molecule has 0 aliphatic heterocycles. The predicted octanol–water partition coefficient (Wildman–Crippen LogP) is 0.547. The highest BCUT2D eigenvalue weighted by Gasteiger charge is 1.96. The van der Waals surface area contributed by atoms with Crippen LogP contribution in [0, 0.1) is 0 Å². The lowest BCUT2D eigenvalue weighted by molar-refractivity contribution is -0.138. The van der Waals surface area contributed by atoms with Gasteiger partial charge in [0.1, 0.15) is 0 Å². The van der Waals surface area contributed by atoms with Gasteiger partial charge >= 0.3 is 5.97 Å². The summed E-state index contributed by atoms with van der Waals surface area (Å²) in [5.41, 5.74) is 0. The Morgan fingerprint density at radius 1 is 0.824 bits per heavy atom. The van der Waals surface area contributed by atoms with Gasteiger partial charge in [-0.3, -0.25) is 4.79 Å². The third-order valence-corrected chi connectivity index (χ3v) is 1.78. The molecule has 17 heavy (non-hydrogen) atoms. The first kappa shape index (κ1) is 16.3. The monoisotopic (exact) mass is 250 g/mol. The van der Waals surface area contributed by atoms with Crippen LogP contribution in [0.2, 0.25) is 0 Å². The van der Waals surface area contributed by atoms with E-state index in [1.165, 1.54) is 0 Å². The van der Waals surface area contributed by atoms with Crippen LogP contribution >= 0.6 is 0 Å². The first-order valence-electron chi connectivity index (χ1n) is 5.80. The molecule has 0 aliphatic rings. The van der Waals surface area contributed by atoms with Gasteiger partial charge in [0.15, 0.2) is 0 Å². The first-order chi connectivity index (χ1) is 8.27. The van der Waals surface area contributed by atoms with Crippen LogP contribution in [0.15, 0.2) is 0 Å². The highest BCUT2D eigenvalue weighted by Crippen LogP contribution is 1.85. The van der Waals surface area contributed by atoms with Crippen molar-refractivity contribution in [3.63, 3.8) is 0 Å². The molecule has 0 aromatic carbocycles. The average molecular weight is 250 g/mol. The highest BCUT2D eigenvalue weighted by atomic mass is 16.6. The Morgan fingerprint density at radius 3 is 1.65 bits per heavy atom. The van der Waals surface area contributed by atoms with E-state index >= 15 is 0 Å². The van der Waals surface area contributed by atoms with E-state index in [9.17, 15) is 4.79 Å². The van der Waals surface area contributed by atoms with Gasteiger partial charge in [-0.2, -0.15) is 0 Å². The molecule has 0 rings (SSSR count). The van der Waals surface area contributed by atoms with Gasteiger partial charge in [-0.15, -0.1) is 0 Å². The van der Waals surface area contributed by atoms with Crippen LogP contribution in [0.1, 0.15) is 13.3 Å². The predicted molar refractivity (Wildman–Crippen MR) is 61.2 cm³/mol. The fourth-order valence-electron chi connectivity index (χ4n) is 0.964. The maximum atomic E-state index is 10.1. The SMILES string of the molecule is CCOCCOCCOCCOCCC(=O)O. The summed E-state index contributed by atoms with van der Waals surface area (Å²) >= 11 is 0. The topological polar surface area (TPSA) is 74.2 Å². The average Bonchev–Trinajstić information content (AvgIpc) is 2.30. The molecule has 6 nitrogen and oxygen atoms in total.